The second kappa shape index (κ2) is 5.82. The zero-order valence-corrected chi connectivity index (χ0v) is 8.73. The maximum Gasteiger partial charge on any atom is 0.237 e. The summed E-state index contributed by atoms with van der Waals surface area (Å²) in [6, 6.07) is 11.6. The van der Waals surface area contributed by atoms with Crippen molar-refractivity contribution < 1.29 is 4.79 Å². The van der Waals surface area contributed by atoms with Crippen LogP contribution in [0.4, 0.5) is 0 Å². The first-order chi connectivity index (χ1) is 7.27. The minimum Gasteiger partial charge on any atom is -0.355 e. The Labute approximate surface area is 89.7 Å². The first-order valence-electron chi connectivity index (χ1n) is 4.99. The van der Waals surface area contributed by atoms with Gasteiger partial charge in [0.15, 0.2) is 0 Å². The van der Waals surface area contributed by atoms with Crippen LogP contribution in [0.2, 0.25) is 0 Å². The van der Waals surface area contributed by atoms with E-state index >= 15 is 0 Å². The monoisotopic (exact) mass is 202 g/mol. The van der Waals surface area contributed by atoms with Gasteiger partial charge in [0.1, 0.15) is 5.92 Å². The summed E-state index contributed by atoms with van der Waals surface area (Å²) in [5, 5.41) is 11.5. The Morgan fingerprint density at radius 1 is 1.47 bits per heavy atom. The molecular weight excluding hydrogens is 188 g/mol. The molecule has 0 aliphatic heterocycles. The predicted molar refractivity (Wildman–Crippen MR) is 57.9 cm³/mol. The molecule has 1 atom stereocenters. The Bertz CT molecular complexity index is 354. The minimum absolute atomic E-state index is 0.191. The minimum atomic E-state index is -0.590. The topological polar surface area (TPSA) is 52.9 Å². The summed E-state index contributed by atoms with van der Waals surface area (Å²) in [5.41, 5.74) is 1.01. The fourth-order valence-electron chi connectivity index (χ4n) is 1.34. The molecule has 0 saturated carbocycles. The van der Waals surface area contributed by atoms with Crippen LogP contribution in [-0.2, 0) is 11.2 Å². The number of amides is 1. The van der Waals surface area contributed by atoms with E-state index in [0.717, 1.165) is 5.56 Å². The fourth-order valence-corrected chi connectivity index (χ4v) is 1.34. The molecule has 15 heavy (non-hydrogen) atoms. The van der Waals surface area contributed by atoms with E-state index in [-0.39, 0.29) is 5.91 Å². The molecule has 1 aromatic carbocycles. The molecule has 1 rings (SSSR count). The van der Waals surface area contributed by atoms with Gasteiger partial charge in [0, 0.05) is 6.54 Å². The lowest BCUT2D eigenvalue weighted by Gasteiger charge is -2.08. The van der Waals surface area contributed by atoms with Gasteiger partial charge in [0.25, 0.3) is 0 Å². The predicted octanol–water partition coefficient (Wildman–Crippen LogP) is 1.50. The largest absolute Gasteiger partial charge is 0.355 e. The zero-order valence-electron chi connectivity index (χ0n) is 8.73. The second-order valence-electron chi connectivity index (χ2n) is 3.27. The lowest BCUT2D eigenvalue weighted by atomic mass is 10.00. The van der Waals surface area contributed by atoms with Gasteiger partial charge >= 0.3 is 0 Å². The van der Waals surface area contributed by atoms with Crippen LogP contribution in [0.25, 0.3) is 0 Å². The van der Waals surface area contributed by atoms with Crippen LogP contribution in [0.3, 0.4) is 0 Å². The Morgan fingerprint density at radius 2 is 2.13 bits per heavy atom. The summed E-state index contributed by atoms with van der Waals surface area (Å²) >= 11 is 0. The highest BCUT2D eigenvalue weighted by atomic mass is 16.1. The van der Waals surface area contributed by atoms with Crippen molar-refractivity contribution in [3.05, 3.63) is 35.9 Å². The molecule has 0 aliphatic rings. The molecule has 3 heteroatoms. The number of carbonyl (C=O) groups excluding carboxylic acids is 1. The van der Waals surface area contributed by atoms with Gasteiger partial charge in [-0.05, 0) is 18.9 Å². The van der Waals surface area contributed by atoms with Crippen molar-refractivity contribution in [3.63, 3.8) is 0 Å². The number of hydrogen-bond acceptors (Lipinski definition) is 2. The van der Waals surface area contributed by atoms with Crippen LogP contribution in [0.1, 0.15) is 12.5 Å². The van der Waals surface area contributed by atoms with E-state index in [1.165, 1.54) is 0 Å². The van der Waals surface area contributed by atoms with Crippen LogP contribution in [0, 0.1) is 17.2 Å². The molecule has 0 spiro atoms. The normalized spacial score (nSPS) is 11.5. The van der Waals surface area contributed by atoms with Gasteiger partial charge in [-0.25, -0.2) is 0 Å². The first-order valence-corrected chi connectivity index (χ1v) is 4.99. The number of carbonyl (C=O) groups is 1. The molecule has 1 N–H and O–H groups in total. The van der Waals surface area contributed by atoms with Crippen molar-refractivity contribution in [2.24, 2.45) is 5.92 Å². The quantitative estimate of drug-likeness (QED) is 0.804. The maximum atomic E-state index is 11.4. The fraction of sp³-hybridized carbons (Fsp3) is 0.333. The van der Waals surface area contributed by atoms with Crippen molar-refractivity contribution in [1.82, 2.24) is 5.32 Å². The molecule has 0 aliphatic carbocycles. The van der Waals surface area contributed by atoms with Crippen molar-refractivity contribution >= 4 is 5.91 Å². The van der Waals surface area contributed by atoms with E-state index in [9.17, 15) is 4.79 Å². The van der Waals surface area contributed by atoms with Crippen molar-refractivity contribution in [2.75, 3.05) is 6.54 Å². The maximum absolute atomic E-state index is 11.4. The highest BCUT2D eigenvalue weighted by molar-refractivity contribution is 5.81. The number of benzene rings is 1. The summed E-state index contributed by atoms with van der Waals surface area (Å²) in [7, 11) is 0. The van der Waals surface area contributed by atoms with E-state index in [1.807, 2.05) is 43.3 Å². The molecule has 0 aromatic heterocycles. The molecule has 1 unspecified atom stereocenters. The average molecular weight is 202 g/mol. The second-order valence-corrected chi connectivity index (χ2v) is 3.27. The van der Waals surface area contributed by atoms with E-state index in [4.69, 9.17) is 5.26 Å². The summed E-state index contributed by atoms with van der Waals surface area (Å²) in [6.45, 7) is 2.40. The molecule has 1 aromatic rings. The summed E-state index contributed by atoms with van der Waals surface area (Å²) in [5.74, 6) is -0.781. The molecule has 0 bridgehead atoms. The molecule has 0 fully saturated rings. The van der Waals surface area contributed by atoms with Crippen LogP contribution < -0.4 is 5.32 Å². The van der Waals surface area contributed by atoms with Crippen LogP contribution in [0.5, 0.6) is 0 Å². The third-order valence-corrected chi connectivity index (χ3v) is 2.11. The van der Waals surface area contributed by atoms with Crippen molar-refractivity contribution in [1.29, 1.82) is 5.26 Å². The smallest absolute Gasteiger partial charge is 0.237 e. The molecule has 0 heterocycles. The number of hydrogen-bond donors (Lipinski definition) is 1. The highest BCUT2D eigenvalue weighted by Gasteiger charge is 2.16. The number of nitrogens with one attached hydrogen (secondary N) is 1. The lowest BCUT2D eigenvalue weighted by Crippen LogP contribution is -2.30. The van der Waals surface area contributed by atoms with Crippen molar-refractivity contribution in [3.8, 4) is 6.07 Å². The number of rotatable bonds is 4. The summed E-state index contributed by atoms with van der Waals surface area (Å²) < 4.78 is 0. The summed E-state index contributed by atoms with van der Waals surface area (Å²) in [4.78, 5) is 11.4. The van der Waals surface area contributed by atoms with E-state index in [1.54, 1.807) is 0 Å². The van der Waals surface area contributed by atoms with Crippen molar-refractivity contribution in [2.45, 2.75) is 13.3 Å². The SMILES string of the molecule is CCNC(=O)C(C#N)Cc1ccccc1. The van der Waals surface area contributed by atoms with Gasteiger partial charge in [-0.2, -0.15) is 5.26 Å². The molecule has 0 radical (unpaired) electrons. The number of nitriles is 1. The molecule has 78 valence electrons. The van der Waals surface area contributed by atoms with Gasteiger partial charge in [0.05, 0.1) is 6.07 Å². The molecule has 3 nitrogen and oxygen atoms in total. The number of nitrogens with zero attached hydrogens (tertiary/aromatic N) is 1. The van der Waals surface area contributed by atoms with Gasteiger partial charge in [0.2, 0.25) is 5.91 Å². The van der Waals surface area contributed by atoms with E-state index in [2.05, 4.69) is 5.32 Å². The Balaban J connectivity index is 2.63. The molecule has 0 saturated heterocycles. The third-order valence-electron chi connectivity index (χ3n) is 2.11. The average Bonchev–Trinajstić information content (AvgIpc) is 2.27. The third kappa shape index (κ3) is 3.43. The Hall–Kier alpha value is -1.82. The van der Waals surface area contributed by atoms with Gasteiger partial charge < -0.3 is 5.32 Å². The van der Waals surface area contributed by atoms with E-state index < -0.39 is 5.92 Å². The van der Waals surface area contributed by atoms with E-state index in [0.29, 0.717) is 13.0 Å². The highest BCUT2D eigenvalue weighted by Crippen LogP contribution is 2.07. The van der Waals surface area contributed by atoms with Crippen LogP contribution in [0.15, 0.2) is 30.3 Å². The lowest BCUT2D eigenvalue weighted by molar-refractivity contribution is -0.123. The zero-order chi connectivity index (χ0) is 11.1. The molecular formula is C12H14N2O. The van der Waals surface area contributed by atoms with Crippen LogP contribution in [-0.4, -0.2) is 12.5 Å². The summed E-state index contributed by atoms with van der Waals surface area (Å²) in [6.07, 6.45) is 0.475. The first kappa shape index (κ1) is 11.3. The Kier molecular flexibility index (Phi) is 4.36. The van der Waals surface area contributed by atoms with Gasteiger partial charge in [-0.3, -0.25) is 4.79 Å². The molecule has 1 amide bonds. The van der Waals surface area contributed by atoms with Gasteiger partial charge in [-0.1, -0.05) is 30.3 Å². The van der Waals surface area contributed by atoms with Crippen LogP contribution >= 0.6 is 0 Å². The standard InChI is InChI=1S/C12H14N2O/c1-2-14-12(15)11(9-13)8-10-6-4-3-5-7-10/h3-7,11H,2,8H2,1H3,(H,14,15). The van der Waals surface area contributed by atoms with Gasteiger partial charge in [-0.15, -0.1) is 0 Å². The Morgan fingerprint density at radius 3 is 2.67 bits per heavy atom.